The number of rotatable bonds is 4. The van der Waals surface area contributed by atoms with Crippen molar-refractivity contribution in [1.82, 2.24) is 29.7 Å². The minimum atomic E-state index is -0.365. The first-order chi connectivity index (χ1) is 12.7. The van der Waals surface area contributed by atoms with Gasteiger partial charge in [-0.25, -0.2) is 4.68 Å². The molecule has 0 atom stereocenters. The highest BCUT2D eigenvalue weighted by Crippen LogP contribution is 2.13. The van der Waals surface area contributed by atoms with Crippen LogP contribution in [0.4, 0.5) is 0 Å². The summed E-state index contributed by atoms with van der Waals surface area (Å²) in [5.74, 6) is 0.248. The number of aromatic nitrogens is 5. The molecule has 0 aliphatic carbocycles. The van der Waals surface area contributed by atoms with Gasteiger partial charge in [0.25, 0.3) is 11.5 Å². The zero-order valence-electron chi connectivity index (χ0n) is 14.1. The van der Waals surface area contributed by atoms with Gasteiger partial charge in [0, 0.05) is 18.1 Å². The van der Waals surface area contributed by atoms with Gasteiger partial charge in [-0.2, -0.15) is 5.10 Å². The molecule has 0 bridgehead atoms. The van der Waals surface area contributed by atoms with E-state index in [1.165, 1.54) is 4.68 Å². The first-order valence-corrected chi connectivity index (χ1v) is 8.25. The smallest absolute Gasteiger partial charge is 0.274 e. The Morgan fingerprint density at radius 2 is 1.85 bits per heavy atom. The van der Waals surface area contributed by atoms with Crippen molar-refractivity contribution in [2.45, 2.75) is 20.0 Å². The van der Waals surface area contributed by atoms with Gasteiger partial charge in [0.15, 0.2) is 17.2 Å². The van der Waals surface area contributed by atoms with Crippen LogP contribution in [0.3, 0.4) is 0 Å². The average Bonchev–Trinajstić information content (AvgIpc) is 3.10. The number of fused-ring (bicyclic) bond motifs is 2. The lowest BCUT2D eigenvalue weighted by Gasteiger charge is -2.09. The van der Waals surface area contributed by atoms with E-state index in [1.54, 1.807) is 28.7 Å². The SMILES string of the molecule is CCn1nc(C(=O)NCc2nnc3ccccn23)c2ccccc2c1=O. The number of carbonyl (C=O) groups excluding carboxylic acids is 1. The van der Waals surface area contributed by atoms with Gasteiger partial charge in [0.1, 0.15) is 0 Å². The van der Waals surface area contributed by atoms with Gasteiger partial charge in [-0.05, 0) is 25.1 Å². The highest BCUT2D eigenvalue weighted by Gasteiger charge is 2.16. The van der Waals surface area contributed by atoms with E-state index in [4.69, 9.17) is 0 Å². The molecule has 0 aliphatic rings. The Balaban J connectivity index is 1.68. The van der Waals surface area contributed by atoms with Crippen LogP contribution in [0.2, 0.25) is 0 Å². The predicted molar refractivity (Wildman–Crippen MR) is 95.8 cm³/mol. The van der Waals surface area contributed by atoms with Gasteiger partial charge in [0.2, 0.25) is 0 Å². The molecule has 1 amide bonds. The quantitative estimate of drug-likeness (QED) is 0.601. The van der Waals surface area contributed by atoms with Crippen molar-refractivity contribution < 1.29 is 4.79 Å². The minimum Gasteiger partial charge on any atom is -0.343 e. The molecular formula is C18H16N6O2. The molecule has 0 unspecified atom stereocenters. The number of amides is 1. The van der Waals surface area contributed by atoms with Crippen LogP contribution >= 0.6 is 0 Å². The second kappa shape index (κ2) is 6.40. The predicted octanol–water partition coefficient (Wildman–Crippen LogP) is 1.39. The van der Waals surface area contributed by atoms with E-state index in [-0.39, 0.29) is 23.7 Å². The molecule has 3 heterocycles. The van der Waals surface area contributed by atoms with Gasteiger partial charge in [0.05, 0.1) is 11.9 Å². The van der Waals surface area contributed by atoms with E-state index in [9.17, 15) is 9.59 Å². The maximum absolute atomic E-state index is 12.7. The Morgan fingerprint density at radius 1 is 1.08 bits per heavy atom. The fourth-order valence-electron chi connectivity index (χ4n) is 2.87. The fraction of sp³-hybridized carbons (Fsp3) is 0.167. The van der Waals surface area contributed by atoms with Crippen molar-refractivity contribution in [3.05, 3.63) is 70.5 Å². The molecule has 8 heteroatoms. The van der Waals surface area contributed by atoms with Crippen LogP contribution in [0.1, 0.15) is 23.2 Å². The number of nitrogens with zero attached hydrogens (tertiary/aromatic N) is 5. The number of benzene rings is 1. The van der Waals surface area contributed by atoms with Crippen LogP contribution < -0.4 is 10.9 Å². The van der Waals surface area contributed by atoms with Crippen LogP contribution in [0.25, 0.3) is 16.4 Å². The normalized spacial score (nSPS) is 11.1. The highest BCUT2D eigenvalue weighted by molar-refractivity contribution is 6.04. The summed E-state index contributed by atoms with van der Waals surface area (Å²) in [4.78, 5) is 25.1. The fourth-order valence-corrected chi connectivity index (χ4v) is 2.87. The molecule has 1 N–H and O–H groups in total. The summed E-state index contributed by atoms with van der Waals surface area (Å²) in [7, 11) is 0. The van der Waals surface area contributed by atoms with E-state index in [0.29, 0.717) is 28.8 Å². The zero-order valence-corrected chi connectivity index (χ0v) is 14.1. The van der Waals surface area contributed by atoms with E-state index in [1.807, 2.05) is 31.3 Å². The van der Waals surface area contributed by atoms with E-state index < -0.39 is 0 Å². The van der Waals surface area contributed by atoms with Crippen LogP contribution in [-0.4, -0.2) is 30.3 Å². The maximum Gasteiger partial charge on any atom is 0.274 e. The van der Waals surface area contributed by atoms with Crippen LogP contribution in [0.5, 0.6) is 0 Å². The van der Waals surface area contributed by atoms with Crippen LogP contribution in [0, 0.1) is 0 Å². The molecule has 3 aromatic heterocycles. The van der Waals surface area contributed by atoms with Crippen LogP contribution in [0.15, 0.2) is 53.5 Å². The monoisotopic (exact) mass is 348 g/mol. The first kappa shape index (κ1) is 15.9. The van der Waals surface area contributed by atoms with E-state index in [0.717, 1.165) is 0 Å². The van der Waals surface area contributed by atoms with Gasteiger partial charge < -0.3 is 5.32 Å². The number of hydrogen-bond acceptors (Lipinski definition) is 5. The molecule has 0 radical (unpaired) electrons. The number of carbonyl (C=O) groups is 1. The largest absolute Gasteiger partial charge is 0.343 e. The minimum absolute atomic E-state index is 0.200. The summed E-state index contributed by atoms with van der Waals surface area (Å²) in [6, 6.07) is 12.6. The van der Waals surface area contributed by atoms with Crippen molar-refractivity contribution in [2.24, 2.45) is 0 Å². The summed E-state index contributed by atoms with van der Waals surface area (Å²) in [6.45, 7) is 2.40. The molecule has 0 saturated carbocycles. The second-order valence-electron chi connectivity index (χ2n) is 5.74. The van der Waals surface area contributed by atoms with E-state index >= 15 is 0 Å². The Morgan fingerprint density at radius 3 is 2.65 bits per heavy atom. The lowest BCUT2D eigenvalue weighted by molar-refractivity contribution is 0.0944. The third-order valence-electron chi connectivity index (χ3n) is 4.17. The molecule has 0 spiro atoms. The molecule has 1 aromatic carbocycles. The summed E-state index contributed by atoms with van der Waals surface area (Å²) in [5.41, 5.74) is 0.721. The molecule has 0 saturated heterocycles. The lowest BCUT2D eigenvalue weighted by atomic mass is 10.1. The summed E-state index contributed by atoms with van der Waals surface area (Å²) in [6.07, 6.45) is 1.84. The zero-order chi connectivity index (χ0) is 18.1. The second-order valence-corrected chi connectivity index (χ2v) is 5.74. The molecule has 130 valence electrons. The van der Waals surface area contributed by atoms with Crippen molar-refractivity contribution in [3.63, 3.8) is 0 Å². The Hall–Kier alpha value is -3.55. The lowest BCUT2D eigenvalue weighted by Crippen LogP contribution is -2.30. The third-order valence-corrected chi connectivity index (χ3v) is 4.17. The van der Waals surface area contributed by atoms with Gasteiger partial charge in [-0.15, -0.1) is 10.2 Å². The van der Waals surface area contributed by atoms with Crippen molar-refractivity contribution in [1.29, 1.82) is 0 Å². The standard InChI is InChI=1S/C18H16N6O2/c1-2-24-18(26)13-8-4-3-7-12(13)16(22-24)17(25)19-11-15-21-20-14-9-5-6-10-23(14)15/h3-10H,2,11H2,1H3,(H,19,25). The molecule has 0 fully saturated rings. The Kier molecular flexibility index (Phi) is 3.92. The summed E-state index contributed by atoms with van der Waals surface area (Å²) in [5, 5.41) is 16.2. The molecular weight excluding hydrogens is 332 g/mol. The molecule has 26 heavy (non-hydrogen) atoms. The van der Waals surface area contributed by atoms with E-state index in [2.05, 4.69) is 20.6 Å². The third kappa shape index (κ3) is 2.61. The number of hydrogen-bond donors (Lipinski definition) is 1. The number of nitrogens with one attached hydrogen (secondary N) is 1. The first-order valence-electron chi connectivity index (χ1n) is 8.25. The van der Waals surface area contributed by atoms with Crippen molar-refractivity contribution in [3.8, 4) is 0 Å². The molecule has 0 aliphatic heterocycles. The van der Waals surface area contributed by atoms with Crippen LogP contribution in [-0.2, 0) is 13.1 Å². The molecule has 8 nitrogen and oxygen atoms in total. The Bertz CT molecular complexity index is 1180. The molecule has 4 aromatic rings. The average molecular weight is 348 g/mol. The summed E-state index contributed by atoms with van der Waals surface area (Å²) >= 11 is 0. The Labute approximate surface area is 148 Å². The van der Waals surface area contributed by atoms with Crippen molar-refractivity contribution in [2.75, 3.05) is 0 Å². The van der Waals surface area contributed by atoms with Crippen molar-refractivity contribution >= 4 is 22.3 Å². The number of aryl methyl sites for hydroxylation is 1. The highest BCUT2D eigenvalue weighted by atomic mass is 16.2. The topological polar surface area (TPSA) is 94.2 Å². The van der Waals surface area contributed by atoms with Gasteiger partial charge in [-0.3, -0.25) is 14.0 Å². The number of pyridine rings is 1. The maximum atomic E-state index is 12.7. The van der Waals surface area contributed by atoms with Gasteiger partial charge >= 0.3 is 0 Å². The van der Waals surface area contributed by atoms with Gasteiger partial charge in [-0.1, -0.05) is 24.3 Å². The summed E-state index contributed by atoms with van der Waals surface area (Å²) < 4.78 is 3.10. The molecule has 4 rings (SSSR count).